The summed E-state index contributed by atoms with van der Waals surface area (Å²) in [6.07, 6.45) is 1.53. The molecule has 146 valence electrons. The fraction of sp³-hybridized carbons (Fsp3) is 0.611. The molecule has 0 aliphatic carbocycles. The molecule has 1 aromatic rings. The lowest BCUT2D eigenvalue weighted by Crippen LogP contribution is -2.40. The number of nitrogens with zero attached hydrogens (tertiary/aromatic N) is 1. The van der Waals surface area contributed by atoms with Crippen LogP contribution in [0.2, 0.25) is 0 Å². The van der Waals surface area contributed by atoms with Gasteiger partial charge in [0.2, 0.25) is 0 Å². The van der Waals surface area contributed by atoms with Crippen LogP contribution >= 0.6 is 0 Å². The first-order chi connectivity index (χ1) is 12.6. The van der Waals surface area contributed by atoms with Crippen LogP contribution in [0.5, 0.6) is 5.75 Å². The number of nitrogens with one attached hydrogen (secondary N) is 2. The highest BCUT2D eigenvalue weighted by Crippen LogP contribution is 2.32. The SMILES string of the molecule is CCNC(=NCC1(CCO)CCOC1)NCCOc1ccc(F)cc1F. The Morgan fingerprint density at radius 3 is 2.88 bits per heavy atom. The summed E-state index contributed by atoms with van der Waals surface area (Å²) in [5.41, 5.74) is -0.120. The fourth-order valence-corrected chi connectivity index (χ4v) is 2.80. The number of guanidine groups is 1. The largest absolute Gasteiger partial charge is 0.489 e. The van der Waals surface area contributed by atoms with E-state index in [-0.39, 0.29) is 24.4 Å². The van der Waals surface area contributed by atoms with E-state index in [9.17, 15) is 13.9 Å². The van der Waals surface area contributed by atoms with E-state index in [1.165, 1.54) is 6.07 Å². The average Bonchev–Trinajstić information content (AvgIpc) is 3.07. The normalized spacial score (nSPS) is 20.2. The molecule has 3 N–H and O–H groups in total. The first-order valence-electron chi connectivity index (χ1n) is 8.87. The maximum Gasteiger partial charge on any atom is 0.191 e. The molecule has 6 nitrogen and oxygen atoms in total. The first-order valence-corrected chi connectivity index (χ1v) is 8.87. The highest BCUT2D eigenvalue weighted by Gasteiger charge is 2.34. The molecule has 0 aromatic heterocycles. The Bertz CT molecular complexity index is 593. The quantitative estimate of drug-likeness (QED) is 0.350. The highest BCUT2D eigenvalue weighted by atomic mass is 19.1. The summed E-state index contributed by atoms with van der Waals surface area (Å²) < 4.78 is 37.2. The molecular weight excluding hydrogens is 344 g/mol. The fourth-order valence-electron chi connectivity index (χ4n) is 2.80. The molecule has 26 heavy (non-hydrogen) atoms. The summed E-state index contributed by atoms with van der Waals surface area (Å²) in [4.78, 5) is 4.58. The zero-order valence-electron chi connectivity index (χ0n) is 15.1. The molecule has 1 aromatic carbocycles. The number of halogens is 2. The Hall–Kier alpha value is -1.93. The molecule has 0 saturated carbocycles. The van der Waals surface area contributed by atoms with Gasteiger partial charge in [0.05, 0.1) is 19.7 Å². The predicted molar refractivity (Wildman–Crippen MR) is 95.4 cm³/mol. The minimum absolute atomic E-state index is 0.0140. The van der Waals surface area contributed by atoms with E-state index in [0.717, 1.165) is 18.6 Å². The van der Waals surface area contributed by atoms with Gasteiger partial charge in [-0.3, -0.25) is 4.99 Å². The van der Waals surface area contributed by atoms with Crippen LogP contribution in [-0.4, -0.2) is 57.1 Å². The van der Waals surface area contributed by atoms with Gasteiger partial charge in [-0.2, -0.15) is 0 Å². The van der Waals surface area contributed by atoms with E-state index in [4.69, 9.17) is 9.47 Å². The Morgan fingerprint density at radius 2 is 2.23 bits per heavy atom. The molecule has 8 heteroatoms. The van der Waals surface area contributed by atoms with Gasteiger partial charge in [-0.15, -0.1) is 0 Å². The lowest BCUT2D eigenvalue weighted by Gasteiger charge is -2.24. The molecule has 0 bridgehead atoms. The van der Waals surface area contributed by atoms with Crippen LogP contribution in [0.4, 0.5) is 8.78 Å². The van der Waals surface area contributed by atoms with Crippen molar-refractivity contribution in [2.45, 2.75) is 19.8 Å². The van der Waals surface area contributed by atoms with E-state index >= 15 is 0 Å². The number of aliphatic hydroxyl groups is 1. The van der Waals surface area contributed by atoms with Crippen LogP contribution in [0.3, 0.4) is 0 Å². The summed E-state index contributed by atoms with van der Waals surface area (Å²) in [6.45, 7) is 5.23. The second-order valence-corrected chi connectivity index (χ2v) is 6.32. The van der Waals surface area contributed by atoms with Crippen molar-refractivity contribution >= 4 is 5.96 Å². The second-order valence-electron chi connectivity index (χ2n) is 6.32. The van der Waals surface area contributed by atoms with E-state index in [0.29, 0.717) is 45.2 Å². The molecule has 0 amide bonds. The van der Waals surface area contributed by atoms with Crippen molar-refractivity contribution in [2.75, 3.05) is 46.1 Å². The molecule has 1 fully saturated rings. The summed E-state index contributed by atoms with van der Waals surface area (Å²) in [7, 11) is 0. The highest BCUT2D eigenvalue weighted by molar-refractivity contribution is 5.79. The van der Waals surface area contributed by atoms with Crippen LogP contribution in [-0.2, 0) is 4.74 Å². The van der Waals surface area contributed by atoms with E-state index in [1.54, 1.807) is 0 Å². The van der Waals surface area contributed by atoms with Gasteiger partial charge in [-0.05, 0) is 31.9 Å². The number of aliphatic imine (C=N–C) groups is 1. The van der Waals surface area contributed by atoms with Gasteiger partial charge in [0.1, 0.15) is 12.4 Å². The standard InChI is InChI=1S/C18H27F2N3O3/c1-2-21-17(23-12-18(5-8-24)6-9-25-13-18)22-7-10-26-16-4-3-14(19)11-15(16)20/h3-4,11,24H,2,5-10,12-13H2,1H3,(H2,21,22,23). The van der Waals surface area contributed by atoms with Gasteiger partial charge in [-0.1, -0.05) is 0 Å². The van der Waals surface area contributed by atoms with Gasteiger partial charge >= 0.3 is 0 Å². The van der Waals surface area contributed by atoms with Gasteiger partial charge in [0.15, 0.2) is 17.5 Å². The summed E-state index contributed by atoms with van der Waals surface area (Å²) in [5.74, 6) is -0.722. The van der Waals surface area contributed by atoms with Crippen molar-refractivity contribution in [1.82, 2.24) is 10.6 Å². The zero-order chi connectivity index (χ0) is 18.8. The Balaban J connectivity index is 1.83. The van der Waals surface area contributed by atoms with Crippen molar-refractivity contribution in [2.24, 2.45) is 10.4 Å². The van der Waals surface area contributed by atoms with Crippen molar-refractivity contribution < 1.29 is 23.4 Å². The van der Waals surface area contributed by atoms with E-state index in [1.807, 2.05) is 6.92 Å². The monoisotopic (exact) mass is 371 g/mol. The van der Waals surface area contributed by atoms with Gasteiger partial charge in [0, 0.05) is 31.2 Å². The van der Waals surface area contributed by atoms with E-state index < -0.39 is 11.6 Å². The third-order valence-corrected chi connectivity index (χ3v) is 4.29. The number of hydrogen-bond acceptors (Lipinski definition) is 4. The number of aliphatic hydroxyl groups excluding tert-OH is 1. The first kappa shape index (κ1) is 20.4. The topological polar surface area (TPSA) is 75.1 Å². The van der Waals surface area contributed by atoms with Gasteiger partial charge < -0.3 is 25.2 Å². The molecule has 1 aliphatic rings. The molecule has 1 aliphatic heterocycles. The van der Waals surface area contributed by atoms with Crippen molar-refractivity contribution in [3.05, 3.63) is 29.8 Å². The average molecular weight is 371 g/mol. The number of benzene rings is 1. The molecule has 1 unspecified atom stereocenters. The summed E-state index contributed by atoms with van der Waals surface area (Å²) in [6, 6.07) is 3.21. The summed E-state index contributed by atoms with van der Waals surface area (Å²) in [5, 5.41) is 15.5. The molecule has 1 atom stereocenters. The lowest BCUT2D eigenvalue weighted by atomic mass is 9.84. The van der Waals surface area contributed by atoms with Crippen LogP contribution in [0.15, 0.2) is 23.2 Å². The third kappa shape index (κ3) is 6.10. The Labute approximate surface area is 152 Å². The maximum atomic E-state index is 13.5. The van der Waals surface area contributed by atoms with Crippen LogP contribution in [0, 0.1) is 17.0 Å². The van der Waals surface area contributed by atoms with Gasteiger partial charge in [-0.25, -0.2) is 8.78 Å². The van der Waals surface area contributed by atoms with Crippen molar-refractivity contribution in [3.63, 3.8) is 0 Å². The van der Waals surface area contributed by atoms with Crippen LogP contribution in [0.1, 0.15) is 19.8 Å². The van der Waals surface area contributed by atoms with E-state index in [2.05, 4.69) is 15.6 Å². The third-order valence-electron chi connectivity index (χ3n) is 4.29. The second kappa shape index (κ2) is 10.3. The van der Waals surface area contributed by atoms with Crippen LogP contribution in [0.25, 0.3) is 0 Å². The molecule has 1 saturated heterocycles. The molecule has 0 spiro atoms. The molecule has 1 heterocycles. The number of ether oxygens (including phenoxy) is 2. The lowest BCUT2D eigenvalue weighted by molar-refractivity contribution is 0.131. The van der Waals surface area contributed by atoms with Gasteiger partial charge in [0.25, 0.3) is 0 Å². The Kier molecular flexibility index (Phi) is 8.06. The minimum atomic E-state index is -0.724. The molecular formula is C18H27F2N3O3. The molecule has 2 rings (SSSR count). The number of rotatable bonds is 9. The van der Waals surface area contributed by atoms with Crippen molar-refractivity contribution in [1.29, 1.82) is 0 Å². The zero-order valence-corrected chi connectivity index (χ0v) is 15.1. The minimum Gasteiger partial charge on any atom is -0.489 e. The summed E-state index contributed by atoms with van der Waals surface area (Å²) >= 11 is 0. The van der Waals surface area contributed by atoms with Crippen LogP contribution < -0.4 is 15.4 Å². The smallest absolute Gasteiger partial charge is 0.191 e. The number of hydrogen-bond donors (Lipinski definition) is 3. The maximum absolute atomic E-state index is 13.5. The predicted octanol–water partition coefficient (Wildman–Crippen LogP) is 1.69. The molecule has 0 radical (unpaired) electrons. The Morgan fingerprint density at radius 1 is 1.38 bits per heavy atom. The van der Waals surface area contributed by atoms with Crippen molar-refractivity contribution in [3.8, 4) is 5.75 Å².